The molecule has 0 saturated carbocycles. The van der Waals surface area contributed by atoms with Crippen LogP contribution in [0.15, 0.2) is 66.7 Å². The number of hydrogen-bond donors (Lipinski definition) is 0. The van der Waals surface area contributed by atoms with Crippen LogP contribution in [0.1, 0.15) is 17.5 Å². The standard InChI is InChI=1S/C23H22FNO/c1-26-23-11-8-19(21-4-2-3-5-22(21)23)16-25-14-12-18(13-15-25)17-6-9-20(24)10-7-17/h2-12H,13-16H2,1H3. The molecule has 26 heavy (non-hydrogen) atoms. The third-order valence-corrected chi connectivity index (χ3v) is 5.10. The zero-order valence-electron chi connectivity index (χ0n) is 14.9. The summed E-state index contributed by atoms with van der Waals surface area (Å²) < 4.78 is 18.6. The zero-order chi connectivity index (χ0) is 17.9. The summed E-state index contributed by atoms with van der Waals surface area (Å²) in [5, 5.41) is 2.41. The van der Waals surface area contributed by atoms with Gasteiger partial charge in [0.05, 0.1) is 7.11 Å². The Labute approximate surface area is 153 Å². The van der Waals surface area contributed by atoms with Gasteiger partial charge in [-0.25, -0.2) is 4.39 Å². The van der Waals surface area contributed by atoms with Gasteiger partial charge in [-0.1, -0.05) is 48.5 Å². The Morgan fingerprint density at radius 2 is 1.73 bits per heavy atom. The molecule has 0 fully saturated rings. The predicted molar refractivity (Wildman–Crippen MR) is 105 cm³/mol. The van der Waals surface area contributed by atoms with Crippen molar-refractivity contribution in [1.82, 2.24) is 4.90 Å². The maximum atomic E-state index is 13.1. The van der Waals surface area contributed by atoms with Crippen LogP contribution in [0.25, 0.3) is 16.3 Å². The summed E-state index contributed by atoms with van der Waals surface area (Å²) in [4.78, 5) is 2.45. The molecule has 0 saturated heterocycles. The lowest BCUT2D eigenvalue weighted by Gasteiger charge is -2.27. The topological polar surface area (TPSA) is 12.5 Å². The van der Waals surface area contributed by atoms with E-state index in [9.17, 15) is 4.39 Å². The minimum Gasteiger partial charge on any atom is -0.496 e. The molecular weight excluding hydrogens is 325 g/mol. The predicted octanol–water partition coefficient (Wildman–Crippen LogP) is 5.28. The Kier molecular flexibility index (Phi) is 4.72. The smallest absolute Gasteiger partial charge is 0.126 e. The van der Waals surface area contributed by atoms with E-state index in [0.29, 0.717) is 0 Å². The highest BCUT2D eigenvalue weighted by Crippen LogP contribution is 2.30. The largest absolute Gasteiger partial charge is 0.496 e. The molecular formula is C23H22FNO. The van der Waals surface area contributed by atoms with Gasteiger partial charge in [0.15, 0.2) is 0 Å². The van der Waals surface area contributed by atoms with Gasteiger partial charge in [0.2, 0.25) is 0 Å². The van der Waals surface area contributed by atoms with Crippen LogP contribution in [-0.2, 0) is 6.54 Å². The van der Waals surface area contributed by atoms with Crippen LogP contribution >= 0.6 is 0 Å². The van der Waals surface area contributed by atoms with E-state index in [1.165, 1.54) is 28.7 Å². The van der Waals surface area contributed by atoms with Crippen LogP contribution in [0.3, 0.4) is 0 Å². The van der Waals surface area contributed by atoms with Gasteiger partial charge in [0, 0.05) is 25.0 Å². The monoisotopic (exact) mass is 347 g/mol. The van der Waals surface area contributed by atoms with Crippen LogP contribution in [0.5, 0.6) is 5.75 Å². The second-order valence-electron chi connectivity index (χ2n) is 6.69. The van der Waals surface area contributed by atoms with Gasteiger partial charge in [-0.3, -0.25) is 4.90 Å². The summed E-state index contributed by atoms with van der Waals surface area (Å²) in [5.74, 6) is 0.736. The molecule has 3 heteroatoms. The van der Waals surface area contributed by atoms with Gasteiger partial charge in [-0.15, -0.1) is 0 Å². The van der Waals surface area contributed by atoms with Crippen molar-refractivity contribution in [3.63, 3.8) is 0 Å². The van der Waals surface area contributed by atoms with Crippen LogP contribution in [0.4, 0.5) is 4.39 Å². The first kappa shape index (κ1) is 16.8. The number of nitrogens with zero attached hydrogens (tertiary/aromatic N) is 1. The minimum atomic E-state index is -0.182. The Bertz CT molecular complexity index is 946. The Hall–Kier alpha value is -2.65. The fourth-order valence-electron chi connectivity index (χ4n) is 3.67. The van der Waals surface area contributed by atoms with E-state index in [-0.39, 0.29) is 5.82 Å². The number of ether oxygens (including phenoxy) is 1. The molecule has 1 aliphatic heterocycles. The van der Waals surface area contributed by atoms with E-state index in [2.05, 4.69) is 41.3 Å². The van der Waals surface area contributed by atoms with Gasteiger partial charge in [0.1, 0.15) is 11.6 Å². The van der Waals surface area contributed by atoms with E-state index in [4.69, 9.17) is 4.74 Å². The van der Waals surface area contributed by atoms with Crippen molar-refractivity contribution in [3.8, 4) is 5.75 Å². The molecule has 4 rings (SSSR count). The van der Waals surface area contributed by atoms with Gasteiger partial charge in [0.25, 0.3) is 0 Å². The molecule has 0 unspecified atom stereocenters. The van der Waals surface area contributed by atoms with Crippen molar-refractivity contribution in [2.24, 2.45) is 0 Å². The van der Waals surface area contributed by atoms with Crippen molar-refractivity contribution < 1.29 is 9.13 Å². The number of benzene rings is 3. The highest BCUT2D eigenvalue weighted by Gasteiger charge is 2.15. The van der Waals surface area contributed by atoms with Crippen molar-refractivity contribution in [1.29, 1.82) is 0 Å². The van der Waals surface area contributed by atoms with Crippen LogP contribution in [0.2, 0.25) is 0 Å². The van der Waals surface area contributed by atoms with Gasteiger partial charge in [-0.05, 0) is 46.7 Å². The molecule has 3 aromatic carbocycles. The second kappa shape index (κ2) is 7.30. The average Bonchev–Trinajstić information content (AvgIpc) is 2.69. The van der Waals surface area contributed by atoms with E-state index < -0.39 is 0 Å². The minimum absolute atomic E-state index is 0.182. The SMILES string of the molecule is COc1ccc(CN2CC=C(c3ccc(F)cc3)CC2)c2ccccc12. The summed E-state index contributed by atoms with van der Waals surface area (Å²) in [7, 11) is 1.72. The number of fused-ring (bicyclic) bond motifs is 1. The summed E-state index contributed by atoms with van der Waals surface area (Å²) >= 11 is 0. The highest BCUT2D eigenvalue weighted by molar-refractivity contribution is 5.91. The zero-order valence-corrected chi connectivity index (χ0v) is 14.9. The lowest BCUT2D eigenvalue weighted by Crippen LogP contribution is -2.28. The summed E-state index contributed by atoms with van der Waals surface area (Å²) in [5.41, 5.74) is 3.75. The lowest BCUT2D eigenvalue weighted by molar-refractivity contribution is 0.295. The molecule has 3 aromatic rings. The van der Waals surface area contributed by atoms with Crippen molar-refractivity contribution in [2.75, 3.05) is 20.2 Å². The molecule has 132 valence electrons. The van der Waals surface area contributed by atoms with E-state index in [0.717, 1.165) is 42.8 Å². The van der Waals surface area contributed by atoms with Gasteiger partial charge in [-0.2, -0.15) is 0 Å². The summed E-state index contributed by atoms with van der Waals surface area (Å²) in [6, 6.07) is 19.4. The fraction of sp³-hybridized carbons (Fsp3) is 0.217. The molecule has 0 bridgehead atoms. The first-order valence-electron chi connectivity index (χ1n) is 8.96. The molecule has 2 nitrogen and oxygen atoms in total. The van der Waals surface area contributed by atoms with Crippen molar-refractivity contribution in [2.45, 2.75) is 13.0 Å². The highest BCUT2D eigenvalue weighted by atomic mass is 19.1. The molecule has 0 spiro atoms. The van der Waals surface area contributed by atoms with Gasteiger partial charge >= 0.3 is 0 Å². The van der Waals surface area contributed by atoms with Crippen molar-refractivity contribution in [3.05, 3.63) is 83.7 Å². The Morgan fingerprint density at radius 3 is 2.42 bits per heavy atom. The molecule has 0 aliphatic carbocycles. The second-order valence-corrected chi connectivity index (χ2v) is 6.69. The number of methoxy groups -OCH3 is 1. The first-order valence-corrected chi connectivity index (χ1v) is 8.96. The summed E-state index contributed by atoms with van der Waals surface area (Å²) in [6.45, 7) is 2.83. The molecule has 0 aromatic heterocycles. The molecule has 1 aliphatic rings. The lowest BCUT2D eigenvalue weighted by atomic mass is 9.98. The van der Waals surface area contributed by atoms with Crippen LogP contribution in [-0.4, -0.2) is 25.1 Å². The number of rotatable bonds is 4. The third kappa shape index (κ3) is 3.35. The Morgan fingerprint density at radius 1 is 0.962 bits per heavy atom. The van der Waals surface area contributed by atoms with E-state index >= 15 is 0 Å². The third-order valence-electron chi connectivity index (χ3n) is 5.10. The average molecular weight is 347 g/mol. The number of hydrogen-bond acceptors (Lipinski definition) is 2. The number of halogens is 1. The fourth-order valence-corrected chi connectivity index (χ4v) is 3.67. The Balaban J connectivity index is 1.53. The van der Waals surface area contributed by atoms with Gasteiger partial charge < -0.3 is 4.74 Å². The van der Waals surface area contributed by atoms with Crippen LogP contribution in [0, 0.1) is 5.82 Å². The van der Waals surface area contributed by atoms with E-state index in [1.807, 2.05) is 18.2 Å². The molecule has 1 heterocycles. The maximum Gasteiger partial charge on any atom is 0.126 e. The van der Waals surface area contributed by atoms with Crippen LogP contribution < -0.4 is 4.74 Å². The quantitative estimate of drug-likeness (QED) is 0.637. The molecule has 0 N–H and O–H groups in total. The molecule has 0 radical (unpaired) electrons. The first-order chi connectivity index (χ1) is 12.7. The van der Waals surface area contributed by atoms with Crippen molar-refractivity contribution >= 4 is 16.3 Å². The molecule has 0 amide bonds. The molecule has 0 atom stereocenters. The summed E-state index contributed by atoms with van der Waals surface area (Å²) in [6.07, 6.45) is 3.25. The normalized spacial score (nSPS) is 15.1. The van der Waals surface area contributed by atoms with E-state index in [1.54, 1.807) is 7.11 Å². The maximum absolute atomic E-state index is 13.1.